The molecule has 2 rings (SSSR count). The van der Waals surface area contributed by atoms with Crippen LogP contribution in [0, 0.1) is 13.8 Å². The second-order valence-electron chi connectivity index (χ2n) is 6.75. The number of nitrogens with zero attached hydrogens (tertiary/aromatic N) is 1. The molecule has 0 atom stereocenters. The van der Waals surface area contributed by atoms with Crippen molar-refractivity contribution in [3.8, 4) is 0 Å². The molecule has 0 bridgehead atoms. The normalized spacial score (nSPS) is 16.1. The standard InChI is InChI=1S/C20H26N2O4S/c1-7-8-9-26-20(25)21-22-18(23)16(11(2)3)17(19(22)24)13(5)15-10-12(4)27-14(15)6/h10H,7-9H2,1-6H3,(H,21,25)/b17-13+. The van der Waals surface area contributed by atoms with Gasteiger partial charge in [-0.1, -0.05) is 18.9 Å². The molecule has 2 heterocycles. The van der Waals surface area contributed by atoms with E-state index in [-0.39, 0.29) is 6.61 Å². The first-order valence-electron chi connectivity index (χ1n) is 8.97. The monoisotopic (exact) mass is 390 g/mol. The predicted octanol–water partition coefficient (Wildman–Crippen LogP) is 4.28. The third kappa shape index (κ3) is 4.30. The minimum atomic E-state index is -0.806. The summed E-state index contributed by atoms with van der Waals surface area (Å²) in [4.78, 5) is 39.9. The summed E-state index contributed by atoms with van der Waals surface area (Å²) in [5.41, 5.74) is 5.34. The molecule has 1 aliphatic rings. The summed E-state index contributed by atoms with van der Waals surface area (Å²) >= 11 is 1.64. The van der Waals surface area contributed by atoms with Gasteiger partial charge in [-0.15, -0.1) is 11.3 Å². The Morgan fingerprint density at radius 3 is 2.30 bits per heavy atom. The number of ether oxygens (including phenoxy) is 1. The van der Waals surface area contributed by atoms with E-state index in [0.717, 1.165) is 44.3 Å². The number of carbonyl (C=O) groups excluding carboxylic acids is 3. The van der Waals surface area contributed by atoms with Crippen molar-refractivity contribution in [2.24, 2.45) is 0 Å². The number of hydrazine groups is 1. The number of unbranched alkanes of at least 4 members (excludes halogenated alkanes) is 1. The summed E-state index contributed by atoms with van der Waals surface area (Å²) in [5, 5.41) is 0.754. The lowest BCUT2D eigenvalue weighted by molar-refractivity contribution is -0.139. The summed E-state index contributed by atoms with van der Waals surface area (Å²) in [7, 11) is 0. The number of hydrogen-bond acceptors (Lipinski definition) is 5. The van der Waals surface area contributed by atoms with Gasteiger partial charge in [-0.2, -0.15) is 5.01 Å². The molecule has 27 heavy (non-hydrogen) atoms. The van der Waals surface area contributed by atoms with E-state index >= 15 is 0 Å². The van der Waals surface area contributed by atoms with Crippen molar-refractivity contribution in [1.29, 1.82) is 0 Å². The summed E-state index contributed by atoms with van der Waals surface area (Å²) < 4.78 is 5.01. The molecular formula is C20H26N2O4S. The summed E-state index contributed by atoms with van der Waals surface area (Å²) in [6.07, 6.45) is 0.789. The van der Waals surface area contributed by atoms with Gasteiger partial charge in [0.05, 0.1) is 17.8 Å². The Labute approximate surface area is 163 Å². The van der Waals surface area contributed by atoms with E-state index in [9.17, 15) is 14.4 Å². The van der Waals surface area contributed by atoms with Crippen molar-refractivity contribution in [2.45, 2.75) is 54.4 Å². The maximum Gasteiger partial charge on any atom is 0.426 e. The van der Waals surface area contributed by atoms with Crippen molar-refractivity contribution in [2.75, 3.05) is 6.61 Å². The molecular weight excluding hydrogens is 364 g/mol. The van der Waals surface area contributed by atoms with E-state index < -0.39 is 17.9 Å². The van der Waals surface area contributed by atoms with Crippen LogP contribution in [0.2, 0.25) is 0 Å². The van der Waals surface area contributed by atoms with E-state index in [2.05, 4.69) is 5.43 Å². The van der Waals surface area contributed by atoms with Gasteiger partial charge in [-0.05, 0) is 58.2 Å². The van der Waals surface area contributed by atoms with Crippen molar-refractivity contribution < 1.29 is 19.1 Å². The predicted molar refractivity (Wildman–Crippen MR) is 106 cm³/mol. The van der Waals surface area contributed by atoms with Crippen LogP contribution in [0.1, 0.15) is 55.9 Å². The number of aryl methyl sites for hydroxylation is 2. The van der Waals surface area contributed by atoms with Crippen LogP contribution in [0.25, 0.3) is 5.57 Å². The Bertz CT molecular complexity index is 844. The maximum absolute atomic E-state index is 13.0. The molecule has 1 aromatic heterocycles. The Hall–Kier alpha value is -2.41. The van der Waals surface area contributed by atoms with Crippen LogP contribution in [0.3, 0.4) is 0 Å². The Balaban J connectivity index is 2.41. The molecule has 0 spiro atoms. The van der Waals surface area contributed by atoms with Gasteiger partial charge in [0.2, 0.25) is 0 Å². The first-order chi connectivity index (χ1) is 12.7. The van der Waals surface area contributed by atoms with Crippen molar-refractivity contribution >= 4 is 34.8 Å². The SMILES string of the molecule is CCCCOC(=O)NN1C(=O)C(=C(C)C)/C(=C(/C)c2cc(C)sc2C)C1=O. The van der Waals surface area contributed by atoms with Gasteiger partial charge >= 0.3 is 6.09 Å². The zero-order chi connectivity index (χ0) is 20.3. The highest BCUT2D eigenvalue weighted by Crippen LogP contribution is 2.36. The van der Waals surface area contributed by atoms with Crippen LogP contribution in [-0.2, 0) is 14.3 Å². The smallest absolute Gasteiger partial charge is 0.426 e. The fraction of sp³-hybridized carbons (Fsp3) is 0.450. The molecule has 146 valence electrons. The highest BCUT2D eigenvalue weighted by atomic mass is 32.1. The van der Waals surface area contributed by atoms with E-state index in [1.54, 1.807) is 25.2 Å². The zero-order valence-electron chi connectivity index (χ0n) is 16.7. The van der Waals surface area contributed by atoms with E-state index in [1.165, 1.54) is 0 Å². The number of hydrogen-bond donors (Lipinski definition) is 1. The minimum Gasteiger partial charge on any atom is -0.448 e. The lowest BCUT2D eigenvalue weighted by Crippen LogP contribution is -2.46. The average Bonchev–Trinajstić information content (AvgIpc) is 3.05. The quantitative estimate of drug-likeness (QED) is 0.462. The van der Waals surface area contributed by atoms with Gasteiger partial charge in [-0.25, -0.2) is 10.2 Å². The molecule has 1 N–H and O–H groups in total. The first kappa shape index (κ1) is 20.9. The van der Waals surface area contributed by atoms with Crippen molar-refractivity contribution in [3.63, 3.8) is 0 Å². The Morgan fingerprint density at radius 1 is 1.15 bits per heavy atom. The lowest BCUT2D eigenvalue weighted by Gasteiger charge is -2.14. The number of nitrogens with one attached hydrogen (secondary N) is 1. The van der Waals surface area contributed by atoms with Crippen LogP contribution in [-0.4, -0.2) is 29.5 Å². The second kappa shape index (κ2) is 8.52. The third-order valence-electron chi connectivity index (χ3n) is 4.34. The van der Waals surface area contributed by atoms with Crippen LogP contribution < -0.4 is 5.43 Å². The number of carbonyl (C=O) groups is 3. The fourth-order valence-corrected chi connectivity index (χ4v) is 4.00. The molecule has 0 unspecified atom stereocenters. The molecule has 3 amide bonds. The molecule has 1 aromatic rings. The number of thiophene rings is 1. The van der Waals surface area contributed by atoms with Crippen molar-refractivity contribution in [1.82, 2.24) is 10.4 Å². The average molecular weight is 391 g/mol. The summed E-state index contributed by atoms with van der Waals surface area (Å²) in [6.45, 7) is 11.6. The van der Waals surface area contributed by atoms with Crippen LogP contribution in [0.5, 0.6) is 0 Å². The highest BCUT2D eigenvalue weighted by Gasteiger charge is 2.42. The molecule has 1 saturated heterocycles. The minimum absolute atomic E-state index is 0.239. The molecule has 0 saturated carbocycles. The molecule has 0 aromatic carbocycles. The van der Waals surface area contributed by atoms with Crippen LogP contribution in [0.4, 0.5) is 4.79 Å². The van der Waals surface area contributed by atoms with Crippen LogP contribution in [0.15, 0.2) is 22.8 Å². The van der Waals surface area contributed by atoms with Gasteiger partial charge in [-0.3, -0.25) is 9.59 Å². The largest absolute Gasteiger partial charge is 0.448 e. The number of imide groups is 1. The number of amides is 3. The molecule has 1 aliphatic heterocycles. The molecule has 6 nitrogen and oxygen atoms in total. The third-order valence-corrected chi connectivity index (χ3v) is 5.30. The zero-order valence-corrected chi connectivity index (χ0v) is 17.5. The molecule has 1 fully saturated rings. The van der Waals surface area contributed by atoms with E-state index in [0.29, 0.717) is 11.1 Å². The lowest BCUT2D eigenvalue weighted by atomic mass is 9.95. The summed E-state index contributed by atoms with van der Waals surface area (Å²) in [5.74, 6) is -1.07. The first-order valence-corrected chi connectivity index (χ1v) is 9.79. The second-order valence-corrected chi connectivity index (χ2v) is 8.21. The Kier molecular flexibility index (Phi) is 6.59. The molecule has 0 aliphatic carbocycles. The topological polar surface area (TPSA) is 75.7 Å². The number of allylic oxidation sites excluding steroid dienone is 2. The number of rotatable bonds is 5. The van der Waals surface area contributed by atoms with Gasteiger partial charge < -0.3 is 4.74 Å². The van der Waals surface area contributed by atoms with Gasteiger partial charge in [0.25, 0.3) is 11.8 Å². The Morgan fingerprint density at radius 2 is 1.78 bits per heavy atom. The maximum atomic E-state index is 13.0. The molecule has 0 radical (unpaired) electrons. The van der Waals surface area contributed by atoms with Crippen LogP contribution >= 0.6 is 11.3 Å². The van der Waals surface area contributed by atoms with Crippen molar-refractivity contribution in [3.05, 3.63) is 38.1 Å². The van der Waals surface area contributed by atoms with Gasteiger partial charge in [0.1, 0.15) is 0 Å². The van der Waals surface area contributed by atoms with E-state index in [4.69, 9.17) is 4.74 Å². The summed E-state index contributed by atoms with van der Waals surface area (Å²) in [6, 6.07) is 2.01. The molecule has 7 heteroatoms. The fourth-order valence-electron chi connectivity index (χ4n) is 3.01. The van der Waals surface area contributed by atoms with Gasteiger partial charge in [0, 0.05) is 9.75 Å². The van der Waals surface area contributed by atoms with E-state index in [1.807, 2.05) is 33.8 Å². The van der Waals surface area contributed by atoms with Gasteiger partial charge in [0.15, 0.2) is 0 Å². The highest BCUT2D eigenvalue weighted by molar-refractivity contribution is 7.12.